The first kappa shape index (κ1) is 26.9. The second-order valence-electron chi connectivity index (χ2n) is 7.95. The van der Waals surface area contributed by atoms with Gasteiger partial charge in [-0.05, 0) is 30.2 Å². The van der Waals surface area contributed by atoms with Crippen molar-refractivity contribution in [3.8, 4) is 17.8 Å². The van der Waals surface area contributed by atoms with Gasteiger partial charge in [0.25, 0.3) is 0 Å². The summed E-state index contributed by atoms with van der Waals surface area (Å²) in [6.07, 6.45) is -0.672. The number of benzene rings is 2. The first-order chi connectivity index (χ1) is 18.5. The number of imidazole rings is 1. The van der Waals surface area contributed by atoms with Crippen LogP contribution in [-0.2, 0) is 26.7 Å². The van der Waals surface area contributed by atoms with E-state index in [9.17, 15) is 9.36 Å². The molecule has 0 bridgehead atoms. The summed E-state index contributed by atoms with van der Waals surface area (Å²) in [4.78, 5) is 25.0. The predicted octanol–water partition coefficient (Wildman–Crippen LogP) is 4.07. The zero-order valence-electron chi connectivity index (χ0n) is 21.0. The van der Waals surface area contributed by atoms with Crippen LogP contribution in [0.15, 0.2) is 54.6 Å². The van der Waals surface area contributed by atoms with Gasteiger partial charge in [0.05, 0.1) is 25.9 Å². The molecule has 1 atom stereocenters. The number of aromatic nitrogens is 4. The van der Waals surface area contributed by atoms with Crippen molar-refractivity contribution in [2.45, 2.75) is 19.6 Å². The molecule has 13 heteroatoms. The van der Waals surface area contributed by atoms with Crippen molar-refractivity contribution in [2.24, 2.45) is 0 Å². The fourth-order valence-electron chi connectivity index (χ4n) is 3.55. The Morgan fingerprint density at radius 2 is 1.82 bits per heavy atom. The minimum atomic E-state index is -2.38. The first-order valence-electron chi connectivity index (χ1n) is 11.8. The van der Waals surface area contributed by atoms with Gasteiger partial charge in [0, 0.05) is 7.11 Å². The number of nitrogens with zero attached hydrogens (tertiary/aromatic N) is 4. The molecule has 0 aliphatic heterocycles. The molecule has 0 amide bonds. The zero-order chi connectivity index (χ0) is 26.9. The Balaban J connectivity index is 1.62. The third kappa shape index (κ3) is 6.99. The van der Waals surface area contributed by atoms with E-state index in [2.05, 4.69) is 15.0 Å². The summed E-state index contributed by atoms with van der Waals surface area (Å²) in [6, 6.07) is 16.4. The van der Waals surface area contributed by atoms with Crippen LogP contribution in [0.1, 0.15) is 18.1 Å². The Morgan fingerprint density at radius 1 is 1.03 bits per heavy atom. The van der Waals surface area contributed by atoms with Gasteiger partial charge in [-0.25, -0.2) is 4.79 Å². The lowest BCUT2D eigenvalue weighted by molar-refractivity contribution is 0.0995. The minimum absolute atomic E-state index is 0.0290. The smallest absolute Gasteiger partial charge is 0.461 e. The molecule has 1 unspecified atom stereocenters. The highest BCUT2D eigenvalue weighted by Crippen LogP contribution is 2.32. The van der Waals surface area contributed by atoms with E-state index in [0.29, 0.717) is 18.0 Å². The van der Waals surface area contributed by atoms with E-state index in [1.807, 2.05) is 42.5 Å². The third-order valence-electron chi connectivity index (χ3n) is 5.18. The Bertz CT molecular complexity index is 1410. The standard InChI is InChI=1S/C25H28N5O7P/c1-3-34-25(31)36-24-27-20-21(26)28-23(35-13-12-33-2)29-22(20)30(24)15-17-8-7-9-18(14-17)16-38(32)37-19-10-5-4-6-11-19/h4-11,14,38H,3,12-13,15-16H2,1-2H3,(H2,26,28,29). The van der Waals surface area contributed by atoms with E-state index >= 15 is 0 Å². The van der Waals surface area contributed by atoms with Crippen LogP contribution < -0.4 is 19.7 Å². The van der Waals surface area contributed by atoms with Gasteiger partial charge in [-0.15, -0.1) is 0 Å². The highest BCUT2D eigenvalue weighted by Gasteiger charge is 2.21. The van der Waals surface area contributed by atoms with Gasteiger partial charge in [0.15, 0.2) is 17.0 Å². The Hall–Kier alpha value is -4.15. The van der Waals surface area contributed by atoms with Gasteiger partial charge in [-0.1, -0.05) is 42.5 Å². The van der Waals surface area contributed by atoms with Crippen molar-refractivity contribution in [2.75, 3.05) is 32.7 Å². The lowest BCUT2D eigenvalue weighted by Gasteiger charge is -2.11. The number of carbonyl (C=O) groups is 1. The number of nitrogens with two attached hydrogens (primary N) is 1. The van der Waals surface area contributed by atoms with Crippen LogP contribution in [0.2, 0.25) is 0 Å². The molecule has 2 aromatic carbocycles. The average molecular weight is 542 g/mol. The number of nitrogen functional groups attached to an aromatic ring is 1. The largest absolute Gasteiger partial charge is 0.516 e. The summed E-state index contributed by atoms with van der Waals surface area (Å²) in [5.41, 5.74) is 8.28. The summed E-state index contributed by atoms with van der Waals surface area (Å²) in [6.45, 7) is 2.55. The van der Waals surface area contributed by atoms with E-state index in [1.165, 1.54) is 0 Å². The van der Waals surface area contributed by atoms with Crippen molar-refractivity contribution in [1.82, 2.24) is 19.5 Å². The monoisotopic (exact) mass is 541 g/mol. The maximum Gasteiger partial charge on any atom is 0.516 e. The number of rotatable bonds is 12. The molecule has 0 radical (unpaired) electrons. The summed E-state index contributed by atoms with van der Waals surface area (Å²) >= 11 is 0. The van der Waals surface area contributed by atoms with E-state index in [1.54, 1.807) is 30.7 Å². The first-order valence-corrected chi connectivity index (χ1v) is 13.3. The van der Waals surface area contributed by atoms with E-state index in [4.69, 9.17) is 29.2 Å². The van der Waals surface area contributed by atoms with Crippen LogP contribution in [0.5, 0.6) is 17.8 Å². The quantitative estimate of drug-likeness (QED) is 0.157. The van der Waals surface area contributed by atoms with Crippen LogP contribution in [0.4, 0.5) is 10.6 Å². The molecule has 4 aromatic rings. The number of hydrogen-bond donors (Lipinski definition) is 1. The van der Waals surface area contributed by atoms with E-state index in [0.717, 1.165) is 11.1 Å². The number of methoxy groups -OCH3 is 1. The Labute approximate surface area is 219 Å². The number of fused-ring (bicyclic) bond motifs is 1. The number of ether oxygens (including phenoxy) is 4. The van der Waals surface area contributed by atoms with Crippen LogP contribution in [-0.4, -0.2) is 52.6 Å². The van der Waals surface area contributed by atoms with E-state index in [-0.39, 0.29) is 49.3 Å². The number of hydrogen-bond acceptors (Lipinski definition) is 11. The van der Waals surface area contributed by atoms with Crippen LogP contribution in [0.25, 0.3) is 11.2 Å². The second-order valence-corrected chi connectivity index (χ2v) is 9.26. The zero-order valence-corrected chi connectivity index (χ0v) is 22.0. The Morgan fingerprint density at radius 3 is 2.58 bits per heavy atom. The molecule has 0 spiro atoms. The number of para-hydroxylation sites is 1. The van der Waals surface area contributed by atoms with Crippen LogP contribution in [0, 0.1) is 0 Å². The predicted molar refractivity (Wildman–Crippen MR) is 140 cm³/mol. The molecule has 2 N–H and O–H groups in total. The maximum absolute atomic E-state index is 12.6. The van der Waals surface area contributed by atoms with Gasteiger partial charge >= 0.3 is 18.2 Å². The molecule has 0 saturated heterocycles. The lowest BCUT2D eigenvalue weighted by Crippen LogP contribution is -2.14. The van der Waals surface area contributed by atoms with E-state index < -0.39 is 14.2 Å². The summed E-state index contributed by atoms with van der Waals surface area (Å²) in [5.74, 6) is 0.610. The molecule has 2 heterocycles. The highest BCUT2D eigenvalue weighted by atomic mass is 31.1. The topological polar surface area (TPSA) is 150 Å². The fourth-order valence-corrected chi connectivity index (χ4v) is 4.57. The number of anilines is 1. The molecule has 12 nitrogen and oxygen atoms in total. The molecule has 38 heavy (non-hydrogen) atoms. The molecule has 0 fully saturated rings. The van der Waals surface area contributed by atoms with Crippen molar-refractivity contribution < 1.29 is 32.8 Å². The molecule has 0 saturated carbocycles. The summed E-state index contributed by atoms with van der Waals surface area (Å²) in [7, 11) is -0.827. The van der Waals surface area contributed by atoms with Crippen LogP contribution >= 0.6 is 8.03 Å². The molecule has 4 rings (SSSR count). The van der Waals surface area contributed by atoms with Gasteiger partial charge in [-0.2, -0.15) is 15.0 Å². The van der Waals surface area contributed by atoms with Gasteiger partial charge < -0.3 is 29.2 Å². The second kappa shape index (κ2) is 12.9. The van der Waals surface area contributed by atoms with Crippen molar-refractivity contribution in [3.05, 3.63) is 65.7 Å². The molecular weight excluding hydrogens is 513 g/mol. The van der Waals surface area contributed by atoms with Crippen LogP contribution in [0.3, 0.4) is 0 Å². The molecule has 2 aromatic heterocycles. The lowest BCUT2D eigenvalue weighted by atomic mass is 10.1. The maximum atomic E-state index is 12.6. The highest BCUT2D eigenvalue weighted by molar-refractivity contribution is 7.38. The minimum Gasteiger partial charge on any atom is -0.461 e. The normalized spacial score (nSPS) is 11.7. The SMILES string of the molecule is CCOC(=O)Oc1nc2c(N)nc(OCCOC)nc2n1Cc1cccc(C[PH](=O)Oc2ccccc2)c1. The van der Waals surface area contributed by atoms with Gasteiger partial charge in [0.2, 0.25) is 8.03 Å². The molecular formula is C25H28N5O7P. The van der Waals surface area contributed by atoms with Gasteiger partial charge in [-0.3, -0.25) is 9.13 Å². The fraction of sp³-hybridized carbons (Fsp3) is 0.280. The van der Waals surface area contributed by atoms with Crippen molar-refractivity contribution >= 4 is 31.2 Å². The van der Waals surface area contributed by atoms with Crippen molar-refractivity contribution in [1.29, 1.82) is 0 Å². The Kier molecular flexibility index (Phi) is 9.12. The molecule has 200 valence electrons. The molecule has 0 aliphatic carbocycles. The summed E-state index contributed by atoms with van der Waals surface area (Å²) in [5, 5.41) is 0. The molecule has 0 aliphatic rings. The van der Waals surface area contributed by atoms with Crippen molar-refractivity contribution in [3.63, 3.8) is 0 Å². The van der Waals surface area contributed by atoms with Gasteiger partial charge in [0.1, 0.15) is 12.4 Å². The third-order valence-corrected chi connectivity index (χ3v) is 6.34. The average Bonchev–Trinajstić information content (AvgIpc) is 3.22. The number of carbonyl (C=O) groups excluding carboxylic acids is 1. The summed E-state index contributed by atoms with van der Waals surface area (Å²) < 4.78 is 40.6.